The topological polar surface area (TPSA) is 79.0 Å². The molecule has 0 radical (unpaired) electrons. The summed E-state index contributed by atoms with van der Waals surface area (Å²) in [6, 6.07) is 0.932. The van der Waals surface area contributed by atoms with Crippen molar-refractivity contribution in [2.75, 3.05) is 0 Å². The fraction of sp³-hybridized carbons (Fsp3) is 0.375. The minimum atomic E-state index is -4.69. The van der Waals surface area contributed by atoms with E-state index in [1.807, 2.05) is 4.98 Å². The van der Waals surface area contributed by atoms with Gasteiger partial charge < -0.3 is 4.98 Å². The number of hydrogen-bond donors (Lipinski definition) is 2. The Balaban J connectivity index is 3.02. The second kappa shape index (κ2) is 4.49. The third-order valence-corrected chi connectivity index (χ3v) is 3.34. The summed E-state index contributed by atoms with van der Waals surface area (Å²) in [4.78, 5) is 12.8. The van der Waals surface area contributed by atoms with Crippen LogP contribution in [-0.2, 0) is 10.0 Å². The fourth-order valence-corrected chi connectivity index (χ4v) is 2.17. The van der Waals surface area contributed by atoms with Gasteiger partial charge in [0.05, 0.1) is 0 Å². The standard InChI is InChI=1S/C8H9F3N2O3S/c1-5(8(9,10)11)13-17(15,16)7-4-2-3-6(14)12-7/h2-5,13H,1H3,(H,12,14). The van der Waals surface area contributed by atoms with Gasteiger partial charge in [-0.1, -0.05) is 6.07 Å². The van der Waals surface area contributed by atoms with Crippen molar-refractivity contribution in [2.45, 2.75) is 24.2 Å². The molecule has 0 bridgehead atoms. The third-order valence-electron chi connectivity index (χ3n) is 1.85. The third kappa shape index (κ3) is 3.56. The SMILES string of the molecule is CC(NS(=O)(=O)c1cccc(=O)[nH]1)C(F)(F)F. The number of pyridine rings is 1. The van der Waals surface area contributed by atoms with Gasteiger partial charge in [0.2, 0.25) is 5.56 Å². The van der Waals surface area contributed by atoms with Crippen LogP contribution in [0.5, 0.6) is 0 Å². The number of nitrogens with one attached hydrogen (secondary N) is 2. The Morgan fingerprint density at radius 2 is 1.94 bits per heavy atom. The van der Waals surface area contributed by atoms with Gasteiger partial charge >= 0.3 is 6.18 Å². The van der Waals surface area contributed by atoms with Crippen LogP contribution in [0.1, 0.15) is 6.92 Å². The van der Waals surface area contributed by atoms with Crippen LogP contribution >= 0.6 is 0 Å². The first-order chi connectivity index (χ1) is 7.63. The summed E-state index contributed by atoms with van der Waals surface area (Å²) in [7, 11) is -4.39. The highest BCUT2D eigenvalue weighted by molar-refractivity contribution is 7.89. The summed E-state index contributed by atoms with van der Waals surface area (Å²) in [6.45, 7) is 0.665. The second-order valence-electron chi connectivity index (χ2n) is 3.26. The van der Waals surface area contributed by atoms with E-state index in [9.17, 15) is 26.4 Å². The summed E-state index contributed by atoms with van der Waals surface area (Å²) in [5.74, 6) is 0. The van der Waals surface area contributed by atoms with E-state index in [4.69, 9.17) is 0 Å². The lowest BCUT2D eigenvalue weighted by Gasteiger charge is -2.16. The Hall–Kier alpha value is -1.35. The summed E-state index contributed by atoms with van der Waals surface area (Å²) in [5.41, 5.74) is -0.715. The smallest absolute Gasteiger partial charge is 0.312 e. The Bertz CT molecular complexity index is 550. The molecule has 0 aromatic carbocycles. The minimum Gasteiger partial charge on any atom is -0.312 e. The van der Waals surface area contributed by atoms with E-state index in [1.165, 1.54) is 4.72 Å². The van der Waals surface area contributed by atoms with Gasteiger partial charge in [-0.25, -0.2) is 8.42 Å². The van der Waals surface area contributed by atoms with Crippen LogP contribution in [0, 0.1) is 0 Å². The van der Waals surface area contributed by atoms with Crippen LogP contribution in [0.15, 0.2) is 28.0 Å². The molecule has 0 aliphatic carbocycles. The van der Waals surface area contributed by atoms with Crippen molar-refractivity contribution >= 4 is 10.0 Å². The summed E-state index contributed by atoms with van der Waals surface area (Å²) in [6.07, 6.45) is -4.69. The van der Waals surface area contributed by atoms with Gasteiger partial charge in [0.25, 0.3) is 10.0 Å². The van der Waals surface area contributed by atoms with Crippen molar-refractivity contribution in [3.8, 4) is 0 Å². The van der Waals surface area contributed by atoms with E-state index in [0.717, 1.165) is 18.2 Å². The molecule has 17 heavy (non-hydrogen) atoms. The molecule has 1 rings (SSSR count). The van der Waals surface area contributed by atoms with E-state index >= 15 is 0 Å². The number of H-pyrrole nitrogens is 1. The zero-order valence-corrected chi connectivity index (χ0v) is 9.39. The maximum absolute atomic E-state index is 12.2. The molecule has 1 aromatic heterocycles. The molecule has 2 N–H and O–H groups in total. The van der Waals surface area contributed by atoms with Gasteiger partial charge in [-0.05, 0) is 13.0 Å². The van der Waals surface area contributed by atoms with E-state index in [1.54, 1.807) is 0 Å². The molecule has 0 amide bonds. The first-order valence-electron chi connectivity index (χ1n) is 4.41. The van der Waals surface area contributed by atoms with Gasteiger partial charge in [0, 0.05) is 6.07 Å². The number of hydrogen-bond acceptors (Lipinski definition) is 3. The highest BCUT2D eigenvalue weighted by Gasteiger charge is 2.39. The first-order valence-corrected chi connectivity index (χ1v) is 5.89. The second-order valence-corrected chi connectivity index (χ2v) is 4.95. The lowest BCUT2D eigenvalue weighted by Crippen LogP contribution is -2.43. The number of aromatic nitrogens is 1. The van der Waals surface area contributed by atoms with E-state index < -0.39 is 32.8 Å². The predicted octanol–water partition coefficient (Wildman–Crippen LogP) is 0.604. The highest BCUT2D eigenvalue weighted by atomic mass is 32.2. The molecule has 0 saturated carbocycles. The van der Waals surface area contributed by atoms with Gasteiger partial charge in [-0.15, -0.1) is 0 Å². The molecular formula is C8H9F3N2O3S. The van der Waals surface area contributed by atoms with E-state index in [-0.39, 0.29) is 0 Å². The lowest BCUT2D eigenvalue weighted by molar-refractivity contribution is -0.147. The van der Waals surface area contributed by atoms with Crippen molar-refractivity contribution in [2.24, 2.45) is 0 Å². The molecule has 0 aliphatic heterocycles. The van der Waals surface area contributed by atoms with Crippen molar-refractivity contribution in [3.05, 3.63) is 28.6 Å². The van der Waals surface area contributed by atoms with E-state index in [0.29, 0.717) is 6.92 Å². The average Bonchev–Trinajstić information content (AvgIpc) is 2.15. The van der Waals surface area contributed by atoms with Crippen LogP contribution in [0.3, 0.4) is 0 Å². The molecular weight excluding hydrogens is 261 g/mol. The van der Waals surface area contributed by atoms with E-state index in [2.05, 4.69) is 0 Å². The summed E-state index contributed by atoms with van der Waals surface area (Å²) in [5, 5.41) is -0.610. The average molecular weight is 270 g/mol. The molecule has 1 atom stereocenters. The zero-order chi connectivity index (χ0) is 13.3. The van der Waals surface area contributed by atoms with Crippen LogP contribution in [-0.4, -0.2) is 25.6 Å². The molecule has 96 valence electrons. The van der Waals surface area contributed by atoms with Gasteiger partial charge in [0.1, 0.15) is 6.04 Å². The van der Waals surface area contributed by atoms with Crippen molar-refractivity contribution < 1.29 is 21.6 Å². The first kappa shape index (κ1) is 13.7. The number of rotatable bonds is 3. The number of alkyl halides is 3. The number of aromatic amines is 1. The summed E-state index contributed by atoms with van der Waals surface area (Å²) >= 11 is 0. The Morgan fingerprint density at radius 1 is 1.35 bits per heavy atom. The van der Waals surface area contributed by atoms with Crippen molar-refractivity contribution in [3.63, 3.8) is 0 Å². The van der Waals surface area contributed by atoms with Crippen LogP contribution in [0.4, 0.5) is 13.2 Å². The van der Waals surface area contributed by atoms with Crippen LogP contribution in [0.2, 0.25) is 0 Å². The van der Waals surface area contributed by atoms with Gasteiger partial charge in [-0.2, -0.15) is 17.9 Å². The monoisotopic (exact) mass is 270 g/mol. The molecule has 0 spiro atoms. The molecule has 1 unspecified atom stereocenters. The molecule has 5 nitrogen and oxygen atoms in total. The Morgan fingerprint density at radius 3 is 2.41 bits per heavy atom. The molecule has 1 aromatic rings. The molecule has 1 heterocycles. The maximum Gasteiger partial charge on any atom is 0.404 e. The molecule has 0 saturated heterocycles. The van der Waals surface area contributed by atoms with Crippen molar-refractivity contribution in [1.29, 1.82) is 0 Å². The Labute approximate surface area is 94.7 Å². The lowest BCUT2D eigenvalue weighted by atomic mass is 10.4. The number of sulfonamides is 1. The van der Waals surface area contributed by atoms with Gasteiger partial charge in [0.15, 0.2) is 5.03 Å². The number of halogens is 3. The zero-order valence-electron chi connectivity index (χ0n) is 8.58. The summed E-state index contributed by atoms with van der Waals surface area (Å²) < 4.78 is 60.9. The largest absolute Gasteiger partial charge is 0.404 e. The maximum atomic E-state index is 12.2. The quantitative estimate of drug-likeness (QED) is 0.844. The van der Waals surface area contributed by atoms with Crippen LogP contribution in [0.25, 0.3) is 0 Å². The minimum absolute atomic E-state index is 0.610. The van der Waals surface area contributed by atoms with Crippen molar-refractivity contribution in [1.82, 2.24) is 9.71 Å². The predicted molar refractivity (Wildman–Crippen MR) is 52.9 cm³/mol. The van der Waals surface area contributed by atoms with Gasteiger partial charge in [-0.3, -0.25) is 4.79 Å². The highest BCUT2D eigenvalue weighted by Crippen LogP contribution is 2.20. The normalized spacial score (nSPS) is 14.6. The fourth-order valence-electron chi connectivity index (χ4n) is 0.947. The molecule has 0 fully saturated rings. The van der Waals surface area contributed by atoms with Crippen LogP contribution < -0.4 is 10.3 Å². The Kier molecular flexibility index (Phi) is 3.62. The molecule has 0 aliphatic rings. The molecule has 9 heteroatoms.